The maximum atomic E-state index is 12.0. The number of anilines is 1. The third-order valence-corrected chi connectivity index (χ3v) is 2.99. The molecule has 0 saturated heterocycles. The molecule has 0 radical (unpaired) electrons. The van der Waals surface area contributed by atoms with E-state index in [4.69, 9.17) is 5.73 Å². The van der Waals surface area contributed by atoms with Gasteiger partial charge < -0.3 is 11.1 Å². The average molecular weight is 285 g/mol. The first-order valence-corrected chi connectivity index (χ1v) is 6.41. The molecule has 0 bridgehead atoms. The van der Waals surface area contributed by atoms with Crippen LogP contribution in [0.5, 0.6) is 0 Å². The van der Waals surface area contributed by atoms with Crippen molar-refractivity contribution in [2.75, 3.05) is 5.32 Å². The van der Waals surface area contributed by atoms with Gasteiger partial charge in [-0.3, -0.25) is 14.9 Å². The highest BCUT2D eigenvalue weighted by Gasteiger charge is 2.19. The summed E-state index contributed by atoms with van der Waals surface area (Å²) in [5.41, 5.74) is 6.77. The van der Waals surface area contributed by atoms with Crippen LogP contribution in [0, 0.1) is 10.1 Å². The van der Waals surface area contributed by atoms with Crippen LogP contribution in [0.1, 0.15) is 5.56 Å². The summed E-state index contributed by atoms with van der Waals surface area (Å²) in [5.74, 6) is -0.451. The first kappa shape index (κ1) is 14.7. The van der Waals surface area contributed by atoms with Gasteiger partial charge >= 0.3 is 0 Å². The van der Waals surface area contributed by atoms with E-state index in [2.05, 4.69) is 5.32 Å². The van der Waals surface area contributed by atoms with E-state index in [1.165, 1.54) is 18.2 Å². The molecule has 6 heteroatoms. The number of para-hydroxylation sites is 2. The smallest absolute Gasteiger partial charge is 0.292 e. The lowest BCUT2D eigenvalue weighted by Crippen LogP contribution is -2.37. The normalized spacial score (nSPS) is 11.7. The number of nitrogens with two attached hydrogens (primary N) is 1. The minimum absolute atomic E-state index is 0.149. The fourth-order valence-corrected chi connectivity index (χ4v) is 1.92. The zero-order valence-electron chi connectivity index (χ0n) is 11.2. The van der Waals surface area contributed by atoms with Crippen molar-refractivity contribution in [3.05, 3.63) is 70.3 Å². The van der Waals surface area contributed by atoms with Gasteiger partial charge in [0.25, 0.3) is 5.69 Å². The van der Waals surface area contributed by atoms with Gasteiger partial charge in [0.1, 0.15) is 5.69 Å². The fourth-order valence-electron chi connectivity index (χ4n) is 1.92. The summed E-state index contributed by atoms with van der Waals surface area (Å²) in [7, 11) is 0. The number of nitrogens with one attached hydrogen (secondary N) is 1. The molecule has 0 aliphatic rings. The Kier molecular flexibility index (Phi) is 4.63. The largest absolute Gasteiger partial charge is 0.320 e. The Labute approximate surface area is 121 Å². The number of nitro benzene ring substituents is 1. The number of nitrogens with zero attached hydrogens (tertiary/aromatic N) is 1. The predicted molar refractivity (Wildman–Crippen MR) is 79.8 cm³/mol. The zero-order valence-corrected chi connectivity index (χ0v) is 11.2. The van der Waals surface area contributed by atoms with E-state index in [9.17, 15) is 14.9 Å². The average Bonchev–Trinajstić information content (AvgIpc) is 2.48. The molecule has 2 aromatic rings. The summed E-state index contributed by atoms with van der Waals surface area (Å²) in [4.78, 5) is 22.4. The van der Waals surface area contributed by atoms with Crippen molar-refractivity contribution >= 4 is 17.3 Å². The molecule has 6 nitrogen and oxygen atoms in total. The van der Waals surface area contributed by atoms with Crippen LogP contribution in [-0.4, -0.2) is 16.9 Å². The van der Waals surface area contributed by atoms with Crippen LogP contribution in [0.15, 0.2) is 54.6 Å². The van der Waals surface area contributed by atoms with Gasteiger partial charge in [0, 0.05) is 6.07 Å². The van der Waals surface area contributed by atoms with Crippen molar-refractivity contribution in [3.8, 4) is 0 Å². The molecule has 1 amide bonds. The molecule has 0 fully saturated rings. The molecule has 0 aliphatic carbocycles. The van der Waals surface area contributed by atoms with E-state index in [1.807, 2.05) is 30.3 Å². The SMILES string of the molecule is N[C@@H](Cc1ccccc1)C(=O)Nc1ccccc1[N+](=O)[O-]. The van der Waals surface area contributed by atoms with Gasteiger partial charge in [0.2, 0.25) is 5.91 Å². The summed E-state index contributed by atoms with van der Waals surface area (Å²) in [6.45, 7) is 0. The summed E-state index contributed by atoms with van der Waals surface area (Å²) >= 11 is 0. The van der Waals surface area contributed by atoms with E-state index >= 15 is 0 Å². The Morgan fingerprint density at radius 2 is 1.76 bits per heavy atom. The third-order valence-electron chi connectivity index (χ3n) is 2.99. The molecule has 21 heavy (non-hydrogen) atoms. The van der Waals surface area contributed by atoms with Crippen molar-refractivity contribution in [1.29, 1.82) is 0 Å². The number of carbonyl (C=O) groups is 1. The molecule has 2 rings (SSSR count). The van der Waals surface area contributed by atoms with E-state index in [0.717, 1.165) is 5.56 Å². The van der Waals surface area contributed by atoms with E-state index in [-0.39, 0.29) is 11.4 Å². The number of nitro groups is 1. The van der Waals surface area contributed by atoms with Crippen LogP contribution in [0.25, 0.3) is 0 Å². The van der Waals surface area contributed by atoms with Gasteiger partial charge in [-0.2, -0.15) is 0 Å². The Hall–Kier alpha value is -2.73. The number of benzene rings is 2. The minimum atomic E-state index is -0.771. The molecule has 0 heterocycles. The molecule has 0 aromatic heterocycles. The highest BCUT2D eigenvalue weighted by Crippen LogP contribution is 2.23. The first-order valence-electron chi connectivity index (χ1n) is 6.41. The van der Waals surface area contributed by atoms with Gasteiger partial charge in [-0.1, -0.05) is 42.5 Å². The summed E-state index contributed by atoms with van der Waals surface area (Å²) in [6.07, 6.45) is 0.368. The maximum Gasteiger partial charge on any atom is 0.292 e. The molecular formula is C15H15N3O3. The lowest BCUT2D eigenvalue weighted by atomic mass is 10.1. The fraction of sp³-hybridized carbons (Fsp3) is 0.133. The van der Waals surface area contributed by atoms with E-state index in [0.29, 0.717) is 6.42 Å². The van der Waals surface area contributed by atoms with Gasteiger partial charge in [0.05, 0.1) is 11.0 Å². The Balaban J connectivity index is 2.06. The van der Waals surface area contributed by atoms with Gasteiger partial charge in [-0.25, -0.2) is 0 Å². The molecule has 0 saturated carbocycles. The lowest BCUT2D eigenvalue weighted by molar-refractivity contribution is -0.383. The lowest BCUT2D eigenvalue weighted by Gasteiger charge is -2.12. The number of rotatable bonds is 5. The van der Waals surface area contributed by atoms with Crippen molar-refractivity contribution in [2.45, 2.75) is 12.5 Å². The quantitative estimate of drug-likeness (QED) is 0.649. The van der Waals surface area contributed by atoms with Crippen molar-refractivity contribution in [2.24, 2.45) is 5.73 Å². The Morgan fingerprint density at radius 1 is 1.14 bits per heavy atom. The number of hydrogen-bond donors (Lipinski definition) is 2. The number of carbonyl (C=O) groups excluding carboxylic acids is 1. The summed E-state index contributed by atoms with van der Waals surface area (Å²) in [6, 6.07) is 14.5. The topological polar surface area (TPSA) is 98.3 Å². The molecule has 2 aromatic carbocycles. The van der Waals surface area contributed by atoms with Crippen LogP contribution in [0.4, 0.5) is 11.4 Å². The maximum absolute atomic E-state index is 12.0. The van der Waals surface area contributed by atoms with Crippen LogP contribution in [-0.2, 0) is 11.2 Å². The Morgan fingerprint density at radius 3 is 2.43 bits per heavy atom. The van der Waals surface area contributed by atoms with Crippen LogP contribution < -0.4 is 11.1 Å². The zero-order chi connectivity index (χ0) is 15.2. The second kappa shape index (κ2) is 6.62. The highest BCUT2D eigenvalue weighted by molar-refractivity contribution is 5.96. The van der Waals surface area contributed by atoms with E-state index in [1.54, 1.807) is 6.07 Å². The Bertz CT molecular complexity index is 644. The van der Waals surface area contributed by atoms with Crippen LogP contribution >= 0.6 is 0 Å². The molecule has 0 unspecified atom stereocenters. The van der Waals surface area contributed by atoms with Crippen LogP contribution in [0.2, 0.25) is 0 Å². The highest BCUT2D eigenvalue weighted by atomic mass is 16.6. The molecule has 3 N–H and O–H groups in total. The third kappa shape index (κ3) is 3.87. The van der Waals surface area contributed by atoms with E-state index < -0.39 is 16.9 Å². The predicted octanol–water partition coefficient (Wildman–Crippen LogP) is 2.10. The number of hydrogen-bond acceptors (Lipinski definition) is 4. The number of amides is 1. The monoisotopic (exact) mass is 285 g/mol. The summed E-state index contributed by atoms with van der Waals surface area (Å²) < 4.78 is 0. The molecule has 0 aliphatic heterocycles. The molecule has 1 atom stereocenters. The summed E-state index contributed by atoms with van der Waals surface area (Å²) in [5, 5.41) is 13.4. The molecule has 108 valence electrons. The molecular weight excluding hydrogens is 270 g/mol. The minimum Gasteiger partial charge on any atom is -0.320 e. The van der Waals surface area contributed by atoms with Gasteiger partial charge in [-0.05, 0) is 18.1 Å². The van der Waals surface area contributed by atoms with Gasteiger partial charge in [-0.15, -0.1) is 0 Å². The second-order valence-corrected chi connectivity index (χ2v) is 4.56. The standard InChI is InChI=1S/C15H15N3O3/c16-12(10-11-6-2-1-3-7-11)15(19)17-13-8-4-5-9-14(13)18(20)21/h1-9,12H,10,16H2,(H,17,19)/t12-/m0/s1. The molecule has 0 spiro atoms. The van der Waals surface area contributed by atoms with Crippen molar-refractivity contribution in [3.63, 3.8) is 0 Å². The van der Waals surface area contributed by atoms with Gasteiger partial charge in [0.15, 0.2) is 0 Å². The van der Waals surface area contributed by atoms with Crippen molar-refractivity contribution < 1.29 is 9.72 Å². The first-order chi connectivity index (χ1) is 10.1. The van der Waals surface area contributed by atoms with Crippen LogP contribution in [0.3, 0.4) is 0 Å². The second-order valence-electron chi connectivity index (χ2n) is 4.56. The van der Waals surface area contributed by atoms with Crippen molar-refractivity contribution in [1.82, 2.24) is 0 Å².